The number of nitrogens with zero attached hydrogens (tertiary/aromatic N) is 1. The fraction of sp³-hybridized carbons (Fsp3) is 0.667. The van der Waals surface area contributed by atoms with E-state index in [-0.39, 0.29) is 5.97 Å². The molecule has 0 radical (unpaired) electrons. The summed E-state index contributed by atoms with van der Waals surface area (Å²) >= 11 is 0. The van der Waals surface area contributed by atoms with Crippen LogP contribution in [-0.4, -0.2) is 11.0 Å². The summed E-state index contributed by atoms with van der Waals surface area (Å²) in [6.45, 7) is 2.58. The van der Waals surface area contributed by atoms with Gasteiger partial charge >= 0.3 is 5.97 Å². The smallest absolute Gasteiger partial charge is 0.306 e. The molecule has 3 nitrogen and oxygen atoms in total. The number of hydrogen-bond donors (Lipinski definition) is 0. The summed E-state index contributed by atoms with van der Waals surface area (Å²) in [5.74, 6) is -0.0948. The van der Waals surface area contributed by atoms with E-state index >= 15 is 0 Å². The Morgan fingerprint density at radius 3 is 2.19 bits per heavy atom. The molecular formula is C24H39NO2. The second kappa shape index (κ2) is 17.8. The first-order valence-electron chi connectivity index (χ1n) is 11.0. The molecule has 3 heteroatoms. The van der Waals surface area contributed by atoms with E-state index in [1.165, 1.54) is 70.6 Å². The predicted octanol–water partition coefficient (Wildman–Crippen LogP) is 7.16. The minimum Gasteiger partial charge on any atom is -0.461 e. The number of hydrogen-bond acceptors (Lipinski definition) is 3. The Balaban J connectivity index is 1.80. The largest absolute Gasteiger partial charge is 0.461 e. The van der Waals surface area contributed by atoms with Crippen LogP contribution in [0.25, 0.3) is 0 Å². The summed E-state index contributed by atoms with van der Waals surface area (Å²) in [5, 5.41) is 0. The van der Waals surface area contributed by atoms with Gasteiger partial charge in [0.2, 0.25) is 0 Å². The van der Waals surface area contributed by atoms with Crippen molar-refractivity contribution in [3.63, 3.8) is 0 Å². The van der Waals surface area contributed by atoms with Crippen LogP contribution in [0.5, 0.6) is 0 Å². The van der Waals surface area contributed by atoms with Crippen LogP contribution < -0.4 is 0 Å². The summed E-state index contributed by atoms with van der Waals surface area (Å²) in [4.78, 5) is 15.7. The lowest BCUT2D eigenvalue weighted by molar-refractivity contribution is -0.145. The maximum atomic E-state index is 11.7. The third kappa shape index (κ3) is 15.1. The highest BCUT2D eigenvalue weighted by atomic mass is 16.5. The number of ether oxygens (including phenoxy) is 1. The van der Waals surface area contributed by atoms with E-state index < -0.39 is 0 Å². The molecule has 152 valence electrons. The van der Waals surface area contributed by atoms with E-state index in [9.17, 15) is 4.79 Å². The standard InChI is InChI=1S/C24H39NO2/c1-2-3-4-5-6-7-8-9-10-11-12-13-14-15-16-19-24(26)27-22-23-18-17-20-25-21-23/h5-6,17-18,20-21H,2-4,7-16,19,22H2,1H3/b6-5-. The zero-order valence-corrected chi connectivity index (χ0v) is 17.3. The summed E-state index contributed by atoms with van der Waals surface area (Å²) in [5.41, 5.74) is 0.943. The summed E-state index contributed by atoms with van der Waals surface area (Å²) < 4.78 is 5.26. The quantitative estimate of drug-likeness (QED) is 0.165. The molecule has 0 saturated heterocycles. The minimum atomic E-state index is -0.0948. The van der Waals surface area contributed by atoms with Gasteiger partial charge in [-0.1, -0.05) is 82.9 Å². The van der Waals surface area contributed by atoms with Crippen molar-refractivity contribution in [1.82, 2.24) is 4.98 Å². The van der Waals surface area contributed by atoms with Crippen molar-refractivity contribution in [2.75, 3.05) is 0 Å². The lowest BCUT2D eigenvalue weighted by Gasteiger charge is -2.05. The zero-order chi connectivity index (χ0) is 19.4. The maximum absolute atomic E-state index is 11.7. The van der Waals surface area contributed by atoms with Crippen molar-refractivity contribution in [2.24, 2.45) is 0 Å². The lowest BCUT2D eigenvalue weighted by atomic mass is 10.1. The Bertz CT molecular complexity index is 484. The van der Waals surface area contributed by atoms with Crippen LogP contribution in [0.15, 0.2) is 36.7 Å². The molecule has 1 aromatic heterocycles. The number of aromatic nitrogens is 1. The van der Waals surface area contributed by atoms with Crippen LogP contribution in [0.3, 0.4) is 0 Å². The predicted molar refractivity (Wildman–Crippen MR) is 113 cm³/mol. The molecule has 1 heterocycles. The number of rotatable bonds is 17. The Labute approximate surface area is 166 Å². The maximum Gasteiger partial charge on any atom is 0.306 e. The molecule has 0 unspecified atom stereocenters. The minimum absolute atomic E-state index is 0.0948. The van der Waals surface area contributed by atoms with Crippen LogP contribution in [0.4, 0.5) is 0 Å². The van der Waals surface area contributed by atoms with E-state index in [1.807, 2.05) is 12.1 Å². The summed E-state index contributed by atoms with van der Waals surface area (Å²) in [6, 6.07) is 3.78. The molecule has 0 saturated carbocycles. The van der Waals surface area contributed by atoms with Gasteiger partial charge in [-0.2, -0.15) is 0 Å². The molecule has 0 aliphatic carbocycles. The van der Waals surface area contributed by atoms with Crippen LogP contribution >= 0.6 is 0 Å². The van der Waals surface area contributed by atoms with Crippen molar-refractivity contribution in [3.8, 4) is 0 Å². The summed E-state index contributed by atoms with van der Waals surface area (Å²) in [6.07, 6.45) is 25.2. The average molecular weight is 374 g/mol. The normalized spacial score (nSPS) is 11.1. The zero-order valence-electron chi connectivity index (χ0n) is 17.3. The highest BCUT2D eigenvalue weighted by Gasteiger charge is 2.03. The van der Waals surface area contributed by atoms with Crippen molar-refractivity contribution in [3.05, 3.63) is 42.2 Å². The first kappa shape index (κ1) is 23.4. The van der Waals surface area contributed by atoms with Gasteiger partial charge in [0.25, 0.3) is 0 Å². The number of allylic oxidation sites excluding steroid dienone is 2. The molecule has 0 aliphatic rings. The van der Waals surface area contributed by atoms with Gasteiger partial charge in [0, 0.05) is 24.4 Å². The molecule has 27 heavy (non-hydrogen) atoms. The SMILES string of the molecule is CCCC/C=C\CCCCCCCCCCCC(=O)OCc1cccnc1. The highest BCUT2D eigenvalue weighted by Crippen LogP contribution is 2.12. The highest BCUT2D eigenvalue weighted by molar-refractivity contribution is 5.69. The molecule has 1 rings (SSSR count). The Hall–Kier alpha value is -1.64. The van der Waals surface area contributed by atoms with Gasteiger partial charge in [0.1, 0.15) is 6.61 Å². The second-order valence-electron chi connectivity index (χ2n) is 7.36. The molecular weight excluding hydrogens is 334 g/mol. The number of esters is 1. The number of unbranched alkanes of at least 4 members (excludes halogenated alkanes) is 11. The van der Waals surface area contributed by atoms with Gasteiger partial charge in [-0.15, -0.1) is 0 Å². The molecule has 0 atom stereocenters. The average Bonchev–Trinajstić information content (AvgIpc) is 2.70. The second-order valence-corrected chi connectivity index (χ2v) is 7.36. The summed E-state index contributed by atoms with van der Waals surface area (Å²) in [7, 11) is 0. The third-order valence-corrected chi connectivity index (χ3v) is 4.77. The van der Waals surface area contributed by atoms with Gasteiger partial charge in [-0.05, 0) is 31.7 Å². The van der Waals surface area contributed by atoms with Crippen molar-refractivity contribution < 1.29 is 9.53 Å². The molecule has 0 N–H and O–H groups in total. The van der Waals surface area contributed by atoms with E-state index in [1.54, 1.807) is 12.4 Å². The van der Waals surface area contributed by atoms with Gasteiger partial charge in [0.15, 0.2) is 0 Å². The number of carbonyl (C=O) groups excluding carboxylic acids is 1. The van der Waals surface area contributed by atoms with Gasteiger partial charge < -0.3 is 4.74 Å². The topological polar surface area (TPSA) is 39.2 Å². The fourth-order valence-corrected chi connectivity index (χ4v) is 3.05. The van der Waals surface area contributed by atoms with Crippen LogP contribution in [0.2, 0.25) is 0 Å². The molecule has 0 aromatic carbocycles. The van der Waals surface area contributed by atoms with E-state index in [2.05, 4.69) is 24.1 Å². The molecule has 0 bridgehead atoms. The van der Waals surface area contributed by atoms with Crippen LogP contribution in [-0.2, 0) is 16.1 Å². The first-order valence-corrected chi connectivity index (χ1v) is 11.0. The molecule has 1 aromatic rings. The van der Waals surface area contributed by atoms with Gasteiger partial charge in [0.05, 0.1) is 0 Å². The van der Waals surface area contributed by atoms with Crippen molar-refractivity contribution in [1.29, 1.82) is 0 Å². The molecule has 0 spiro atoms. The number of pyridine rings is 1. The number of carbonyl (C=O) groups is 1. The van der Waals surface area contributed by atoms with Crippen molar-refractivity contribution in [2.45, 2.75) is 103 Å². The van der Waals surface area contributed by atoms with Crippen LogP contribution in [0, 0.1) is 0 Å². The fourth-order valence-electron chi connectivity index (χ4n) is 3.05. The molecule has 0 amide bonds. The lowest BCUT2D eigenvalue weighted by Crippen LogP contribution is -2.04. The first-order chi connectivity index (χ1) is 13.3. The van der Waals surface area contributed by atoms with E-state index in [4.69, 9.17) is 4.74 Å². The van der Waals surface area contributed by atoms with Crippen LogP contribution in [0.1, 0.15) is 102 Å². The van der Waals surface area contributed by atoms with E-state index in [0.717, 1.165) is 18.4 Å². The Kier molecular flexibility index (Phi) is 15.4. The Morgan fingerprint density at radius 1 is 0.926 bits per heavy atom. The molecule has 0 aliphatic heterocycles. The monoisotopic (exact) mass is 373 g/mol. The van der Waals surface area contributed by atoms with Crippen molar-refractivity contribution >= 4 is 5.97 Å². The Morgan fingerprint density at radius 2 is 1.56 bits per heavy atom. The third-order valence-electron chi connectivity index (χ3n) is 4.77. The molecule has 0 fully saturated rings. The van der Waals surface area contributed by atoms with Gasteiger partial charge in [-0.25, -0.2) is 0 Å². The van der Waals surface area contributed by atoms with Gasteiger partial charge in [-0.3, -0.25) is 9.78 Å². The van der Waals surface area contributed by atoms with E-state index in [0.29, 0.717) is 13.0 Å².